The van der Waals surface area contributed by atoms with Crippen molar-refractivity contribution < 1.29 is 4.79 Å². The quantitative estimate of drug-likeness (QED) is 0.838. The van der Waals surface area contributed by atoms with Gasteiger partial charge in [0.1, 0.15) is 11.0 Å². The van der Waals surface area contributed by atoms with Crippen molar-refractivity contribution in [3.05, 3.63) is 29.3 Å². The van der Waals surface area contributed by atoms with Crippen molar-refractivity contribution in [2.24, 2.45) is 0 Å². The van der Waals surface area contributed by atoms with Gasteiger partial charge in [-0.05, 0) is 25.1 Å². The average Bonchev–Trinajstić information content (AvgIpc) is 2.71. The van der Waals surface area contributed by atoms with Gasteiger partial charge in [-0.1, -0.05) is 17.7 Å². The number of amides is 1. The molecular weight excluding hydrogens is 246 g/mol. The summed E-state index contributed by atoms with van der Waals surface area (Å²) in [7, 11) is 0. The minimum atomic E-state index is -0.232. The van der Waals surface area contributed by atoms with Crippen LogP contribution in [-0.4, -0.2) is 14.7 Å². The summed E-state index contributed by atoms with van der Waals surface area (Å²) in [4.78, 5) is 11.4. The third-order valence-corrected chi connectivity index (χ3v) is 2.80. The number of carbonyl (C=O) groups excluding carboxylic acids is 1. The fourth-order valence-electron chi connectivity index (χ4n) is 1.26. The Morgan fingerprint density at radius 1 is 1.50 bits per heavy atom. The molecule has 2 aromatic rings. The number of rotatable bonds is 2. The smallest absolute Gasteiger partial charge is 0.248 e. The molecule has 0 fully saturated rings. The van der Waals surface area contributed by atoms with Crippen molar-refractivity contribution in [1.29, 1.82) is 0 Å². The summed E-state index contributed by atoms with van der Waals surface area (Å²) >= 11 is 7.09. The van der Waals surface area contributed by atoms with Crippen LogP contribution in [0.3, 0.4) is 0 Å². The second kappa shape index (κ2) is 4.59. The number of halogens is 1. The number of nitrogens with zero attached hydrogens (tertiary/aromatic N) is 2. The average molecular weight is 254 g/mol. The lowest BCUT2D eigenvalue weighted by atomic mass is 10.2. The van der Waals surface area contributed by atoms with Crippen molar-refractivity contribution >= 4 is 46.0 Å². The fourth-order valence-corrected chi connectivity index (χ4v) is 2.00. The van der Waals surface area contributed by atoms with Gasteiger partial charge in [0.2, 0.25) is 5.91 Å². The maximum atomic E-state index is 11.4. The van der Waals surface area contributed by atoms with Crippen LogP contribution in [0.5, 0.6) is 0 Å². The van der Waals surface area contributed by atoms with Crippen molar-refractivity contribution in [1.82, 2.24) is 8.75 Å². The van der Waals surface area contributed by atoms with Gasteiger partial charge in [0, 0.05) is 0 Å². The molecule has 0 atom stereocenters. The number of anilines is 1. The highest BCUT2D eigenvalue weighted by Crippen LogP contribution is 2.29. The zero-order chi connectivity index (χ0) is 11.5. The van der Waals surface area contributed by atoms with Crippen LogP contribution in [-0.2, 0) is 4.79 Å². The molecule has 1 N–H and O–H groups in total. The van der Waals surface area contributed by atoms with E-state index in [1.54, 1.807) is 25.1 Å². The minimum Gasteiger partial charge on any atom is -0.319 e. The molecule has 82 valence electrons. The Morgan fingerprint density at radius 2 is 2.31 bits per heavy atom. The lowest BCUT2D eigenvalue weighted by Crippen LogP contribution is -2.08. The van der Waals surface area contributed by atoms with E-state index in [2.05, 4.69) is 14.1 Å². The summed E-state index contributed by atoms with van der Waals surface area (Å²) in [6.45, 7) is 1.77. The van der Waals surface area contributed by atoms with Crippen molar-refractivity contribution in [2.75, 3.05) is 5.32 Å². The number of fused-ring (bicyclic) bond motifs is 1. The Labute approximate surface area is 101 Å². The van der Waals surface area contributed by atoms with Crippen LogP contribution in [0.4, 0.5) is 5.69 Å². The number of aromatic nitrogens is 2. The molecule has 0 aliphatic heterocycles. The molecule has 1 amide bonds. The minimum absolute atomic E-state index is 0.232. The van der Waals surface area contributed by atoms with Crippen LogP contribution in [0.2, 0.25) is 5.02 Å². The topological polar surface area (TPSA) is 54.9 Å². The van der Waals surface area contributed by atoms with E-state index in [0.29, 0.717) is 16.2 Å². The molecule has 0 saturated carbocycles. The highest BCUT2D eigenvalue weighted by atomic mass is 35.5. The van der Waals surface area contributed by atoms with Crippen molar-refractivity contribution in [3.8, 4) is 0 Å². The largest absolute Gasteiger partial charge is 0.319 e. The molecule has 6 heteroatoms. The summed E-state index contributed by atoms with van der Waals surface area (Å²) in [5, 5.41) is 3.14. The zero-order valence-electron chi connectivity index (χ0n) is 8.40. The number of allylic oxidation sites excluding steroid dienone is 1. The third-order valence-electron chi connectivity index (χ3n) is 1.94. The van der Waals surface area contributed by atoms with E-state index in [-0.39, 0.29) is 5.91 Å². The van der Waals surface area contributed by atoms with Crippen LogP contribution in [0.1, 0.15) is 6.92 Å². The maximum Gasteiger partial charge on any atom is 0.248 e. The van der Waals surface area contributed by atoms with Gasteiger partial charge in [-0.15, -0.1) is 0 Å². The Morgan fingerprint density at radius 3 is 3.06 bits per heavy atom. The molecule has 1 heterocycles. The predicted octanol–water partition coefficient (Wildman–Crippen LogP) is 2.86. The Balaban J connectivity index is 2.45. The highest BCUT2D eigenvalue weighted by Gasteiger charge is 2.11. The molecule has 2 rings (SSSR count). The molecule has 4 nitrogen and oxygen atoms in total. The van der Waals surface area contributed by atoms with Gasteiger partial charge in [0.25, 0.3) is 0 Å². The van der Waals surface area contributed by atoms with Crippen LogP contribution >= 0.6 is 23.3 Å². The molecule has 0 bridgehead atoms. The SMILES string of the molecule is CC=CC(=O)Nc1c(Cl)ccc2nsnc12. The molecule has 0 aliphatic carbocycles. The molecule has 1 aromatic carbocycles. The van der Waals surface area contributed by atoms with Gasteiger partial charge < -0.3 is 5.32 Å². The van der Waals surface area contributed by atoms with Crippen molar-refractivity contribution in [3.63, 3.8) is 0 Å². The number of hydrogen-bond donors (Lipinski definition) is 1. The molecule has 0 aliphatic rings. The molecule has 0 spiro atoms. The van der Waals surface area contributed by atoms with E-state index in [1.807, 2.05) is 0 Å². The Bertz CT molecular complexity index is 564. The predicted molar refractivity (Wildman–Crippen MR) is 65.9 cm³/mol. The number of nitrogens with one attached hydrogen (secondary N) is 1. The van der Waals surface area contributed by atoms with E-state index in [0.717, 1.165) is 17.2 Å². The van der Waals surface area contributed by atoms with Crippen LogP contribution < -0.4 is 5.32 Å². The van der Waals surface area contributed by atoms with Gasteiger partial charge in [-0.3, -0.25) is 4.79 Å². The molecule has 1 aromatic heterocycles. The Kier molecular flexibility index (Phi) is 3.17. The first-order valence-corrected chi connectivity index (χ1v) is 5.67. The lowest BCUT2D eigenvalue weighted by molar-refractivity contribution is -0.111. The van der Waals surface area contributed by atoms with Gasteiger partial charge >= 0.3 is 0 Å². The van der Waals surface area contributed by atoms with E-state index >= 15 is 0 Å². The molecule has 0 saturated heterocycles. The third kappa shape index (κ3) is 2.05. The van der Waals surface area contributed by atoms with Crippen LogP contribution in [0.25, 0.3) is 11.0 Å². The second-order valence-electron chi connectivity index (χ2n) is 3.04. The van der Waals surface area contributed by atoms with Crippen LogP contribution in [0, 0.1) is 0 Å². The van der Waals surface area contributed by atoms with Crippen LogP contribution in [0.15, 0.2) is 24.3 Å². The summed E-state index contributed by atoms with van der Waals surface area (Å²) in [6, 6.07) is 3.46. The first-order valence-electron chi connectivity index (χ1n) is 4.57. The molecule has 16 heavy (non-hydrogen) atoms. The van der Waals surface area contributed by atoms with Gasteiger partial charge in [0.15, 0.2) is 0 Å². The fraction of sp³-hybridized carbons (Fsp3) is 0.100. The first kappa shape index (κ1) is 11.0. The monoisotopic (exact) mass is 253 g/mol. The van der Waals surface area contributed by atoms with Gasteiger partial charge in [0.05, 0.1) is 22.4 Å². The first-order chi connectivity index (χ1) is 7.72. The highest BCUT2D eigenvalue weighted by molar-refractivity contribution is 7.00. The van der Waals surface area contributed by atoms with Crippen molar-refractivity contribution in [2.45, 2.75) is 6.92 Å². The zero-order valence-corrected chi connectivity index (χ0v) is 9.97. The molecular formula is C10H8ClN3OS. The summed E-state index contributed by atoms with van der Waals surface area (Å²) in [6.07, 6.45) is 3.08. The summed E-state index contributed by atoms with van der Waals surface area (Å²) < 4.78 is 8.18. The van der Waals surface area contributed by atoms with E-state index in [1.165, 1.54) is 6.08 Å². The summed E-state index contributed by atoms with van der Waals surface area (Å²) in [5.74, 6) is -0.232. The number of benzene rings is 1. The maximum absolute atomic E-state index is 11.4. The molecule has 0 unspecified atom stereocenters. The Hall–Kier alpha value is -1.46. The second-order valence-corrected chi connectivity index (χ2v) is 3.98. The lowest BCUT2D eigenvalue weighted by Gasteiger charge is -2.04. The normalized spacial score (nSPS) is 11.1. The van der Waals surface area contributed by atoms with E-state index < -0.39 is 0 Å². The molecule has 0 radical (unpaired) electrons. The standard InChI is InChI=1S/C10H8ClN3OS/c1-2-3-8(15)12-9-6(11)4-5-7-10(9)14-16-13-7/h2-5H,1H3,(H,12,15). The van der Waals surface area contributed by atoms with E-state index in [9.17, 15) is 4.79 Å². The number of carbonyl (C=O) groups is 1. The summed E-state index contributed by atoms with van der Waals surface area (Å²) in [5.41, 5.74) is 1.86. The van der Waals surface area contributed by atoms with E-state index in [4.69, 9.17) is 11.6 Å². The van der Waals surface area contributed by atoms with Gasteiger partial charge in [-0.25, -0.2) is 0 Å². The number of hydrogen-bond acceptors (Lipinski definition) is 4. The van der Waals surface area contributed by atoms with Gasteiger partial charge in [-0.2, -0.15) is 8.75 Å².